The van der Waals surface area contributed by atoms with Crippen molar-refractivity contribution >= 4 is 16.0 Å². The summed E-state index contributed by atoms with van der Waals surface area (Å²) >= 11 is 0. The van der Waals surface area contributed by atoms with Gasteiger partial charge in [-0.3, -0.25) is 5.10 Å². The molecule has 1 heterocycles. The molecule has 9 heteroatoms. The third kappa shape index (κ3) is 2.78. The second-order valence-electron chi connectivity index (χ2n) is 2.89. The minimum absolute atomic E-state index is 0.0247. The SMILES string of the molecule is O=C(O)c1cn[nH]c1S(=O)(=O)NCCCO. The van der Waals surface area contributed by atoms with Gasteiger partial charge in [-0.25, -0.2) is 17.9 Å². The van der Waals surface area contributed by atoms with Crippen molar-refractivity contribution in [2.45, 2.75) is 11.4 Å². The van der Waals surface area contributed by atoms with E-state index in [4.69, 9.17) is 10.2 Å². The molecule has 0 bridgehead atoms. The van der Waals surface area contributed by atoms with Crippen molar-refractivity contribution in [3.05, 3.63) is 11.8 Å². The van der Waals surface area contributed by atoms with Gasteiger partial charge in [0.25, 0.3) is 10.0 Å². The van der Waals surface area contributed by atoms with Gasteiger partial charge in [-0.1, -0.05) is 0 Å². The smallest absolute Gasteiger partial charge is 0.340 e. The zero-order valence-electron chi connectivity index (χ0n) is 8.17. The Bertz CT molecular complexity index is 466. The molecule has 0 fully saturated rings. The quantitative estimate of drug-likeness (QED) is 0.466. The number of aromatic amines is 1. The summed E-state index contributed by atoms with van der Waals surface area (Å²) < 4.78 is 25.3. The minimum atomic E-state index is -3.92. The monoisotopic (exact) mass is 249 g/mol. The van der Waals surface area contributed by atoms with Gasteiger partial charge in [0.1, 0.15) is 5.56 Å². The second kappa shape index (κ2) is 5.05. The first-order valence-electron chi connectivity index (χ1n) is 4.36. The van der Waals surface area contributed by atoms with E-state index in [0.29, 0.717) is 0 Å². The van der Waals surface area contributed by atoms with Gasteiger partial charge >= 0.3 is 5.97 Å². The molecule has 90 valence electrons. The first-order valence-corrected chi connectivity index (χ1v) is 5.84. The normalized spacial score (nSPS) is 11.6. The number of sulfonamides is 1. The summed E-state index contributed by atoms with van der Waals surface area (Å²) in [5.74, 6) is -1.38. The van der Waals surface area contributed by atoms with Gasteiger partial charge in [-0.2, -0.15) is 5.10 Å². The summed E-state index contributed by atoms with van der Waals surface area (Å²) in [4.78, 5) is 10.7. The maximum absolute atomic E-state index is 11.6. The first kappa shape index (κ1) is 12.6. The number of rotatable bonds is 6. The lowest BCUT2D eigenvalue weighted by Gasteiger charge is -2.04. The van der Waals surface area contributed by atoms with E-state index >= 15 is 0 Å². The van der Waals surface area contributed by atoms with Crippen LogP contribution in [0.1, 0.15) is 16.8 Å². The van der Waals surface area contributed by atoms with Crippen LogP contribution in [0, 0.1) is 0 Å². The summed E-state index contributed by atoms with van der Waals surface area (Å²) in [6, 6.07) is 0. The Labute approximate surface area is 91.3 Å². The van der Waals surface area contributed by atoms with Crippen LogP contribution < -0.4 is 4.72 Å². The summed E-state index contributed by atoms with van der Waals surface area (Å²) in [7, 11) is -3.92. The maximum atomic E-state index is 11.6. The number of aromatic nitrogens is 2. The molecule has 0 radical (unpaired) electrons. The number of nitrogens with zero attached hydrogens (tertiary/aromatic N) is 1. The van der Waals surface area contributed by atoms with E-state index in [1.54, 1.807) is 0 Å². The van der Waals surface area contributed by atoms with Crippen LogP contribution in [0.2, 0.25) is 0 Å². The van der Waals surface area contributed by atoms with Crippen molar-refractivity contribution in [1.82, 2.24) is 14.9 Å². The Morgan fingerprint density at radius 3 is 2.81 bits per heavy atom. The van der Waals surface area contributed by atoms with E-state index in [1.165, 1.54) is 0 Å². The second-order valence-corrected chi connectivity index (χ2v) is 4.60. The highest BCUT2D eigenvalue weighted by atomic mass is 32.2. The standard InChI is InChI=1S/C7H11N3O5S/c11-3-1-2-9-16(14,15)6-5(7(12)13)4-8-10-6/h4,9,11H,1-3H2,(H,8,10)(H,12,13). The van der Waals surface area contributed by atoms with Gasteiger partial charge in [-0.05, 0) is 6.42 Å². The molecule has 0 aliphatic heterocycles. The fraction of sp³-hybridized carbons (Fsp3) is 0.429. The lowest BCUT2D eigenvalue weighted by Crippen LogP contribution is -2.27. The molecule has 0 atom stereocenters. The van der Waals surface area contributed by atoms with E-state index < -0.39 is 26.6 Å². The number of aliphatic hydroxyl groups is 1. The van der Waals surface area contributed by atoms with Crippen LogP contribution in [0.25, 0.3) is 0 Å². The molecule has 16 heavy (non-hydrogen) atoms. The third-order valence-electron chi connectivity index (χ3n) is 1.73. The Morgan fingerprint density at radius 1 is 1.56 bits per heavy atom. The van der Waals surface area contributed by atoms with E-state index in [0.717, 1.165) is 6.20 Å². The third-order valence-corrected chi connectivity index (χ3v) is 3.16. The molecule has 4 N–H and O–H groups in total. The molecule has 0 saturated carbocycles. The summed E-state index contributed by atoms with van der Waals surface area (Å²) in [5.41, 5.74) is -0.420. The molecule has 0 unspecified atom stereocenters. The summed E-state index contributed by atoms with van der Waals surface area (Å²) in [5, 5.41) is 22.2. The van der Waals surface area contributed by atoms with Crippen LogP contribution >= 0.6 is 0 Å². The van der Waals surface area contributed by atoms with E-state index in [9.17, 15) is 13.2 Å². The van der Waals surface area contributed by atoms with E-state index in [-0.39, 0.29) is 19.6 Å². The van der Waals surface area contributed by atoms with Crippen molar-refractivity contribution < 1.29 is 23.4 Å². The fourth-order valence-corrected chi connectivity index (χ4v) is 2.15. The predicted molar refractivity (Wildman–Crippen MR) is 52.4 cm³/mol. The van der Waals surface area contributed by atoms with Crippen molar-refractivity contribution in [3.63, 3.8) is 0 Å². The van der Waals surface area contributed by atoms with Crippen molar-refractivity contribution in [2.75, 3.05) is 13.2 Å². The maximum Gasteiger partial charge on any atom is 0.340 e. The molecule has 8 nitrogen and oxygen atoms in total. The van der Waals surface area contributed by atoms with Crippen molar-refractivity contribution in [1.29, 1.82) is 0 Å². The van der Waals surface area contributed by atoms with Gasteiger partial charge in [-0.15, -0.1) is 0 Å². The van der Waals surface area contributed by atoms with Gasteiger partial charge in [0.15, 0.2) is 5.03 Å². The molecule has 0 saturated heterocycles. The van der Waals surface area contributed by atoms with Gasteiger partial charge in [0.2, 0.25) is 0 Å². The number of carboxylic acid groups (broad SMARTS) is 1. The number of aromatic carboxylic acids is 1. The lowest BCUT2D eigenvalue weighted by molar-refractivity contribution is 0.0692. The van der Waals surface area contributed by atoms with E-state index in [2.05, 4.69) is 14.9 Å². The Kier molecular flexibility index (Phi) is 3.99. The fourth-order valence-electron chi connectivity index (χ4n) is 0.989. The topological polar surface area (TPSA) is 132 Å². The molecule has 0 aliphatic carbocycles. The molecule has 0 spiro atoms. The molecular formula is C7H11N3O5S. The lowest BCUT2D eigenvalue weighted by atomic mass is 10.4. The number of aliphatic hydroxyl groups excluding tert-OH is 1. The van der Waals surface area contributed by atoms with Gasteiger partial charge in [0, 0.05) is 13.2 Å². The minimum Gasteiger partial charge on any atom is -0.478 e. The largest absolute Gasteiger partial charge is 0.478 e. The van der Waals surface area contributed by atoms with Crippen LogP contribution in [-0.2, 0) is 10.0 Å². The van der Waals surface area contributed by atoms with Gasteiger partial charge in [0.05, 0.1) is 6.20 Å². The average Bonchev–Trinajstić information content (AvgIpc) is 2.66. The molecule has 0 aliphatic rings. The zero-order valence-corrected chi connectivity index (χ0v) is 8.99. The Balaban J connectivity index is 2.90. The molecular weight excluding hydrogens is 238 g/mol. The van der Waals surface area contributed by atoms with Gasteiger partial charge < -0.3 is 10.2 Å². The van der Waals surface area contributed by atoms with Crippen LogP contribution in [0.5, 0.6) is 0 Å². The number of nitrogens with one attached hydrogen (secondary N) is 2. The van der Waals surface area contributed by atoms with Crippen LogP contribution in [-0.4, -0.2) is 47.9 Å². The molecule has 1 aromatic heterocycles. The zero-order chi connectivity index (χ0) is 12.2. The van der Waals surface area contributed by atoms with Crippen molar-refractivity contribution in [2.24, 2.45) is 0 Å². The number of carbonyl (C=O) groups is 1. The van der Waals surface area contributed by atoms with Crippen LogP contribution in [0.4, 0.5) is 0 Å². The van der Waals surface area contributed by atoms with Crippen molar-refractivity contribution in [3.8, 4) is 0 Å². The Morgan fingerprint density at radius 2 is 2.25 bits per heavy atom. The van der Waals surface area contributed by atoms with Crippen LogP contribution in [0.3, 0.4) is 0 Å². The molecule has 1 rings (SSSR count). The number of H-pyrrole nitrogens is 1. The Hall–Kier alpha value is -1.45. The highest BCUT2D eigenvalue weighted by Gasteiger charge is 2.23. The summed E-state index contributed by atoms with van der Waals surface area (Å²) in [6.45, 7) is -0.131. The highest BCUT2D eigenvalue weighted by Crippen LogP contribution is 2.11. The first-order chi connectivity index (χ1) is 7.49. The highest BCUT2D eigenvalue weighted by molar-refractivity contribution is 7.89. The molecule has 0 aromatic carbocycles. The molecule has 0 amide bonds. The number of hydrogen-bond acceptors (Lipinski definition) is 5. The number of carboxylic acids is 1. The average molecular weight is 249 g/mol. The predicted octanol–water partition coefficient (Wildman–Crippen LogP) is -1.23. The number of hydrogen-bond donors (Lipinski definition) is 4. The molecule has 1 aromatic rings. The van der Waals surface area contributed by atoms with E-state index in [1.807, 2.05) is 0 Å². The van der Waals surface area contributed by atoms with Crippen LogP contribution in [0.15, 0.2) is 11.2 Å². The summed E-state index contributed by atoms with van der Waals surface area (Å²) in [6.07, 6.45) is 1.17.